The van der Waals surface area contributed by atoms with Gasteiger partial charge in [0.2, 0.25) is 0 Å². The van der Waals surface area contributed by atoms with Gasteiger partial charge in [0.05, 0.1) is 7.11 Å². The van der Waals surface area contributed by atoms with Crippen molar-refractivity contribution in [1.82, 2.24) is 14.8 Å². The summed E-state index contributed by atoms with van der Waals surface area (Å²) in [5.41, 5.74) is 6.69. The molecule has 21 heavy (non-hydrogen) atoms. The van der Waals surface area contributed by atoms with Crippen molar-refractivity contribution in [1.29, 1.82) is 0 Å². The molecule has 0 aliphatic heterocycles. The molecule has 0 aliphatic rings. The van der Waals surface area contributed by atoms with Crippen LogP contribution in [0.4, 0.5) is 5.69 Å². The molecule has 114 valence electrons. The summed E-state index contributed by atoms with van der Waals surface area (Å²) >= 11 is 0. The number of aromatic nitrogens is 3. The Bertz CT molecular complexity index is 581. The van der Waals surface area contributed by atoms with Gasteiger partial charge in [0.1, 0.15) is 24.4 Å². The molecule has 0 spiro atoms. The molecular weight excluding hydrogens is 383 g/mol. The third-order valence-electron chi connectivity index (χ3n) is 2.75. The van der Waals surface area contributed by atoms with Gasteiger partial charge in [-0.05, 0) is 31.2 Å². The maximum absolute atomic E-state index is 5.83. The number of hydrogen-bond acceptors (Lipinski definition) is 4. The fourth-order valence-corrected chi connectivity index (χ4v) is 1.69. The lowest BCUT2D eigenvalue weighted by molar-refractivity contribution is 0.415. The number of hydrogen-bond donors (Lipinski definition) is 2. The number of ether oxygens (including phenoxy) is 1. The number of aliphatic imine (C=N–C) groups is 1. The van der Waals surface area contributed by atoms with Crippen LogP contribution in [0.2, 0.25) is 0 Å². The van der Waals surface area contributed by atoms with E-state index in [0.29, 0.717) is 12.5 Å². The summed E-state index contributed by atoms with van der Waals surface area (Å²) in [7, 11) is 1.63. The molecule has 1 aromatic carbocycles. The standard InChI is InChI=1S/C13H18N6O.HI/c1-3-19-12(16-9-17-19)8-15-13(14)18-10-4-6-11(20-2)7-5-10;/h4-7,9H,3,8H2,1-2H3,(H3,14,15,18);1H. The van der Waals surface area contributed by atoms with Crippen molar-refractivity contribution in [3.8, 4) is 5.75 Å². The number of anilines is 1. The second kappa shape index (κ2) is 8.45. The first kappa shape index (κ1) is 17.2. The molecule has 7 nitrogen and oxygen atoms in total. The van der Waals surface area contributed by atoms with Crippen molar-refractivity contribution in [2.24, 2.45) is 10.7 Å². The molecule has 0 atom stereocenters. The van der Waals surface area contributed by atoms with E-state index in [2.05, 4.69) is 20.4 Å². The second-order valence-electron chi connectivity index (χ2n) is 4.05. The van der Waals surface area contributed by atoms with Gasteiger partial charge in [-0.2, -0.15) is 5.10 Å². The third kappa shape index (κ3) is 4.88. The van der Waals surface area contributed by atoms with Crippen LogP contribution in [0.5, 0.6) is 5.75 Å². The predicted octanol–water partition coefficient (Wildman–Crippen LogP) is 1.85. The molecule has 1 heterocycles. The first-order chi connectivity index (χ1) is 9.72. The number of benzene rings is 1. The fraction of sp³-hybridized carbons (Fsp3) is 0.308. The Morgan fingerprint density at radius 2 is 2.10 bits per heavy atom. The summed E-state index contributed by atoms with van der Waals surface area (Å²) in [4.78, 5) is 8.38. The molecule has 3 N–H and O–H groups in total. The lowest BCUT2D eigenvalue weighted by Gasteiger charge is -2.06. The minimum atomic E-state index is 0. The van der Waals surface area contributed by atoms with E-state index in [1.165, 1.54) is 6.33 Å². The molecule has 0 unspecified atom stereocenters. The Morgan fingerprint density at radius 3 is 2.71 bits per heavy atom. The van der Waals surface area contributed by atoms with Crippen molar-refractivity contribution in [2.75, 3.05) is 12.4 Å². The van der Waals surface area contributed by atoms with Gasteiger partial charge >= 0.3 is 0 Å². The molecule has 8 heteroatoms. The molecule has 1 aromatic heterocycles. The smallest absolute Gasteiger partial charge is 0.193 e. The van der Waals surface area contributed by atoms with Crippen molar-refractivity contribution >= 4 is 35.6 Å². The average Bonchev–Trinajstić information content (AvgIpc) is 2.93. The van der Waals surface area contributed by atoms with E-state index in [0.717, 1.165) is 23.8 Å². The lowest BCUT2D eigenvalue weighted by Crippen LogP contribution is -2.22. The third-order valence-corrected chi connectivity index (χ3v) is 2.75. The van der Waals surface area contributed by atoms with E-state index < -0.39 is 0 Å². The van der Waals surface area contributed by atoms with Crippen LogP contribution in [0.25, 0.3) is 0 Å². The highest BCUT2D eigenvalue weighted by Crippen LogP contribution is 2.14. The number of methoxy groups -OCH3 is 1. The van der Waals surface area contributed by atoms with E-state index in [4.69, 9.17) is 10.5 Å². The zero-order valence-electron chi connectivity index (χ0n) is 12.0. The average molecular weight is 402 g/mol. The maximum atomic E-state index is 5.83. The predicted molar refractivity (Wildman–Crippen MR) is 93.1 cm³/mol. The van der Waals surface area contributed by atoms with Crippen LogP contribution in [0, 0.1) is 0 Å². The van der Waals surface area contributed by atoms with Crippen molar-refractivity contribution in [2.45, 2.75) is 20.0 Å². The zero-order chi connectivity index (χ0) is 14.4. The summed E-state index contributed by atoms with van der Waals surface area (Å²) < 4.78 is 6.87. The quantitative estimate of drug-likeness (QED) is 0.453. The minimum absolute atomic E-state index is 0. The highest BCUT2D eigenvalue weighted by Gasteiger charge is 2.02. The van der Waals surface area contributed by atoms with E-state index in [1.54, 1.807) is 11.8 Å². The largest absolute Gasteiger partial charge is 0.497 e. The van der Waals surface area contributed by atoms with Crippen LogP contribution < -0.4 is 15.8 Å². The maximum Gasteiger partial charge on any atom is 0.193 e. The lowest BCUT2D eigenvalue weighted by atomic mass is 10.3. The monoisotopic (exact) mass is 402 g/mol. The van der Waals surface area contributed by atoms with Gasteiger partial charge in [-0.15, -0.1) is 24.0 Å². The van der Waals surface area contributed by atoms with Gasteiger partial charge in [-0.1, -0.05) is 0 Å². The zero-order valence-corrected chi connectivity index (χ0v) is 14.3. The number of rotatable bonds is 5. The Hall–Kier alpha value is -1.84. The topological polar surface area (TPSA) is 90.4 Å². The highest BCUT2D eigenvalue weighted by molar-refractivity contribution is 14.0. The molecule has 0 bridgehead atoms. The van der Waals surface area contributed by atoms with Crippen LogP contribution in [0.15, 0.2) is 35.6 Å². The van der Waals surface area contributed by atoms with Gasteiger partial charge < -0.3 is 15.8 Å². The molecule has 0 fully saturated rings. The van der Waals surface area contributed by atoms with E-state index in [-0.39, 0.29) is 24.0 Å². The molecule has 0 aliphatic carbocycles. The number of nitrogens with one attached hydrogen (secondary N) is 1. The SMILES string of the molecule is CCn1ncnc1CN=C(N)Nc1ccc(OC)cc1.I. The fourth-order valence-electron chi connectivity index (χ4n) is 1.69. The van der Waals surface area contributed by atoms with Crippen LogP contribution in [-0.4, -0.2) is 27.8 Å². The van der Waals surface area contributed by atoms with Crippen molar-refractivity contribution in [3.05, 3.63) is 36.4 Å². The van der Waals surface area contributed by atoms with Crippen molar-refractivity contribution in [3.63, 3.8) is 0 Å². The second-order valence-corrected chi connectivity index (χ2v) is 4.05. The summed E-state index contributed by atoms with van der Waals surface area (Å²) in [6.45, 7) is 3.15. The molecule has 2 aromatic rings. The molecule has 0 amide bonds. The summed E-state index contributed by atoms with van der Waals surface area (Å²) in [6, 6.07) is 7.44. The summed E-state index contributed by atoms with van der Waals surface area (Å²) in [6.07, 6.45) is 1.52. The number of guanidine groups is 1. The number of aryl methyl sites for hydroxylation is 1. The van der Waals surface area contributed by atoms with Crippen LogP contribution in [0.1, 0.15) is 12.7 Å². The number of nitrogens with two attached hydrogens (primary N) is 1. The number of nitrogens with zero attached hydrogens (tertiary/aromatic N) is 4. The highest BCUT2D eigenvalue weighted by atomic mass is 127. The Kier molecular flexibility index (Phi) is 6.92. The van der Waals surface area contributed by atoms with E-state index in [1.807, 2.05) is 31.2 Å². The first-order valence-corrected chi connectivity index (χ1v) is 6.30. The van der Waals surface area contributed by atoms with E-state index >= 15 is 0 Å². The Labute approximate surface area is 140 Å². The van der Waals surface area contributed by atoms with Gasteiger partial charge in [0.15, 0.2) is 5.96 Å². The number of halogens is 1. The molecule has 2 rings (SSSR count). The molecule has 0 saturated heterocycles. The van der Waals surface area contributed by atoms with E-state index in [9.17, 15) is 0 Å². The van der Waals surface area contributed by atoms with Gasteiger partial charge in [-0.3, -0.25) is 0 Å². The molecular formula is C13H19IN6O. The van der Waals surface area contributed by atoms with Crippen molar-refractivity contribution < 1.29 is 4.74 Å². The van der Waals surface area contributed by atoms with Gasteiger partial charge in [-0.25, -0.2) is 14.7 Å². The molecule has 0 radical (unpaired) electrons. The van der Waals surface area contributed by atoms with Gasteiger partial charge in [0.25, 0.3) is 0 Å². The van der Waals surface area contributed by atoms with Crippen LogP contribution in [-0.2, 0) is 13.1 Å². The minimum Gasteiger partial charge on any atom is -0.497 e. The van der Waals surface area contributed by atoms with Gasteiger partial charge in [0, 0.05) is 12.2 Å². The first-order valence-electron chi connectivity index (χ1n) is 6.30. The Morgan fingerprint density at radius 1 is 1.38 bits per heavy atom. The summed E-state index contributed by atoms with van der Waals surface area (Å²) in [5, 5.41) is 7.08. The van der Waals surface area contributed by atoms with Crippen LogP contribution >= 0.6 is 24.0 Å². The normalized spacial score (nSPS) is 10.9. The van der Waals surface area contributed by atoms with Crippen LogP contribution in [0.3, 0.4) is 0 Å². The molecule has 0 saturated carbocycles. The summed E-state index contributed by atoms with van der Waals surface area (Å²) in [5.74, 6) is 1.91. The Balaban J connectivity index is 0.00000220.